The van der Waals surface area contributed by atoms with Gasteiger partial charge in [-0.05, 0) is 30.5 Å². The Hall–Kier alpha value is -1.44. The van der Waals surface area contributed by atoms with E-state index in [9.17, 15) is 0 Å². The molecule has 0 aliphatic rings. The maximum Gasteiger partial charge on any atom is 0.161 e. The number of allylic oxidation sites excluding steroid dienone is 1. The van der Waals surface area contributed by atoms with Gasteiger partial charge in [0, 0.05) is 0 Å². The van der Waals surface area contributed by atoms with E-state index in [1.54, 1.807) is 7.11 Å². The molecule has 0 unspecified atom stereocenters. The summed E-state index contributed by atoms with van der Waals surface area (Å²) in [6.07, 6.45) is 22.1. The fraction of sp³-hybridized carbons (Fsp3) is 0.692. The summed E-state index contributed by atoms with van der Waals surface area (Å²) >= 11 is 0. The Balaban J connectivity index is 1.95. The van der Waals surface area contributed by atoms with Crippen molar-refractivity contribution >= 4 is 0 Å². The van der Waals surface area contributed by atoms with E-state index in [0.29, 0.717) is 0 Å². The third kappa shape index (κ3) is 12.1. The Labute approximate surface area is 174 Å². The largest absolute Gasteiger partial charge is 0.493 e. The monoisotopic (exact) mass is 388 g/mol. The van der Waals surface area contributed by atoms with Crippen LogP contribution < -0.4 is 9.47 Å². The van der Waals surface area contributed by atoms with E-state index in [0.717, 1.165) is 30.9 Å². The summed E-state index contributed by atoms with van der Waals surface area (Å²) in [6.45, 7) is 6.84. The Morgan fingerprint density at radius 2 is 1.29 bits per heavy atom. The maximum atomic E-state index is 5.92. The van der Waals surface area contributed by atoms with E-state index in [2.05, 4.69) is 19.6 Å². The van der Waals surface area contributed by atoms with Crippen LogP contribution in [0.3, 0.4) is 0 Å². The molecule has 0 saturated heterocycles. The lowest BCUT2D eigenvalue weighted by Crippen LogP contribution is -2.00. The molecule has 1 aromatic rings. The zero-order chi connectivity index (χ0) is 20.3. The number of hydrogen-bond donors (Lipinski definition) is 0. The van der Waals surface area contributed by atoms with Crippen molar-refractivity contribution < 1.29 is 9.47 Å². The first-order chi connectivity index (χ1) is 13.8. The average Bonchev–Trinajstić information content (AvgIpc) is 2.71. The fourth-order valence-corrected chi connectivity index (χ4v) is 3.60. The lowest BCUT2D eigenvalue weighted by Gasteiger charge is -2.12. The molecule has 0 atom stereocenters. The molecule has 0 amide bonds. The predicted octanol–water partition coefficient (Wildman–Crippen LogP) is 8.28. The van der Waals surface area contributed by atoms with Gasteiger partial charge in [-0.2, -0.15) is 0 Å². The number of rotatable bonds is 19. The number of benzene rings is 1. The van der Waals surface area contributed by atoms with Gasteiger partial charge in [-0.3, -0.25) is 0 Å². The molecule has 0 fully saturated rings. The van der Waals surface area contributed by atoms with Gasteiger partial charge >= 0.3 is 0 Å². The topological polar surface area (TPSA) is 18.5 Å². The normalized spacial score (nSPS) is 10.8. The van der Waals surface area contributed by atoms with Gasteiger partial charge in [-0.15, -0.1) is 6.58 Å². The third-order valence-corrected chi connectivity index (χ3v) is 5.36. The SMILES string of the molecule is C=CCc1ccc(OCCCCCCCCCCCCCCCC)c(OC)c1. The molecular weight excluding hydrogens is 344 g/mol. The molecule has 0 saturated carbocycles. The molecule has 0 spiro atoms. The van der Waals surface area contributed by atoms with Crippen LogP contribution in [-0.4, -0.2) is 13.7 Å². The van der Waals surface area contributed by atoms with Gasteiger partial charge in [0.2, 0.25) is 0 Å². The maximum absolute atomic E-state index is 5.92. The average molecular weight is 389 g/mol. The van der Waals surface area contributed by atoms with E-state index < -0.39 is 0 Å². The third-order valence-electron chi connectivity index (χ3n) is 5.36. The summed E-state index contributed by atoms with van der Waals surface area (Å²) in [5.41, 5.74) is 1.20. The molecule has 2 nitrogen and oxygen atoms in total. The molecule has 0 aliphatic carbocycles. The van der Waals surface area contributed by atoms with Crippen molar-refractivity contribution in [1.82, 2.24) is 0 Å². The minimum absolute atomic E-state index is 0.773. The van der Waals surface area contributed by atoms with Crippen LogP contribution >= 0.6 is 0 Å². The summed E-state index contributed by atoms with van der Waals surface area (Å²) in [4.78, 5) is 0. The quantitative estimate of drug-likeness (QED) is 0.175. The highest BCUT2D eigenvalue weighted by atomic mass is 16.5. The Morgan fingerprint density at radius 1 is 0.750 bits per heavy atom. The van der Waals surface area contributed by atoms with Crippen LogP contribution in [0.4, 0.5) is 0 Å². The number of ether oxygens (including phenoxy) is 2. The second kappa shape index (κ2) is 17.6. The Bertz CT molecular complexity index is 495. The minimum Gasteiger partial charge on any atom is -0.493 e. The van der Waals surface area contributed by atoms with Crippen molar-refractivity contribution in [2.45, 2.75) is 103 Å². The molecule has 1 aromatic carbocycles. The lowest BCUT2D eigenvalue weighted by atomic mass is 10.0. The van der Waals surface area contributed by atoms with Crippen LogP contribution in [-0.2, 0) is 6.42 Å². The van der Waals surface area contributed by atoms with Crippen LogP contribution in [0.25, 0.3) is 0 Å². The molecule has 0 bridgehead atoms. The van der Waals surface area contributed by atoms with Crippen molar-refractivity contribution in [1.29, 1.82) is 0 Å². The molecule has 0 aliphatic heterocycles. The van der Waals surface area contributed by atoms with Crippen LogP contribution in [0.5, 0.6) is 11.5 Å². The first-order valence-corrected chi connectivity index (χ1v) is 11.7. The number of hydrogen-bond acceptors (Lipinski definition) is 2. The standard InChI is InChI=1S/C26H44O2/c1-4-6-7-8-9-10-11-12-13-14-15-16-17-18-22-28-25-21-20-24(19-5-2)23-26(25)27-3/h5,20-21,23H,2,4,6-19,22H2,1,3H3. The second-order valence-electron chi connectivity index (χ2n) is 7.92. The Morgan fingerprint density at radius 3 is 1.79 bits per heavy atom. The van der Waals surface area contributed by atoms with Crippen LogP contribution in [0.15, 0.2) is 30.9 Å². The van der Waals surface area contributed by atoms with E-state index in [1.807, 2.05) is 18.2 Å². The van der Waals surface area contributed by atoms with Gasteiger partial charge in [0.25, 0.3) is 0 Å². The van der Waals surface area contributed by atoms with Gasteiger partial charge in [-0.25, -0.2) is 0 Å². The van der Waals surface area contributed by atoms with Gasteiger partial charge in [0.15, 0.2) is 11.5 Å². The van der Waals surface area contributed by atoms with Crippen molar-refractivity contribution in [3.05, 3.63) is 36.4 Å². The molecule has 0 heterocycles. The highest BCUT2D eigenvalue weighted by molar-refractivity contribution is 5.43. The van der Waals surface area contributed by atoms with Crippen LogP contribution in [0, 0.1) is 0 Å². The summed E-state index contributed by atoms with van der Waals surface area (Å²) in [7, 11) is 1.70. The van der Waals surface area contributed by atoms with E-state index in [-0.39, 0.29) is 0 Å². The summed E-state index contributed by atoms with van der Waals surface area (Å²) in [6, 6.07) is 6.15. The first kappa shape index (κ1) is 24.6. The van der Waals surface area contributed by atoms with Crippen molar-refractivity contribution in [2.75, 3.05) is 13.7 Å². The zero-order valence-electron chi connectivity index (χ0n) is 18.6. The fourth-order valence-electron chi connectivity index (χ4n) is 3.60. The number of unbranched alkanes of at least 4 members (excludes halogenated alkanes) is 13. The van der Waals surface area contributed by atoms with Crippen LogP contribution in [0.1, 0.15) is 102 Å². The molecule has 0 aromatic heterocycles. The zero-order valence-corrected chi connectivity index (χ0v) is 18.6. The van der Waals surface area contributed by atoms with Crippen molar-refractivity contribution in [3.63, 3.8) is 0 Å². The molecule has 0 N–H and O–H groups in total. The summed E-state index contributed by atoms with van der Waals surface area (Å²) < 4.78 is 11.4. The summed E-state index contributed by atoms with van der Waals surface area (Å²) in [5, 5.41) is 0. The van der Waals surface area contributed by atoms with E-state index in [1.165, 1.54) is 89.0 Å². The minimum atomic E-state index is 0.773. The van der Waals surface area contributed by atoms with Gasteiger partial charge < -0.3 is 9.47 Å². The molecule has 2 heteroatoms. The second-order valence-corrected chi connectivity index (χ2v) is 7.92. The molecule has 160 valence electrons. The molecule has 0 radical (unpaired) electrons. The highest BCUT2D eigenvalue weighted by Gasteiger charge is 2.05. The summed E-state index contributed by atoms with van der Waals surface area (Å²) in [5.74, 6) is 1.68. The molecule has 28 heavy (non-hydrogen) atoms. The predicted molar refractivity (Wildman–Crippen MR) is 123 cm³/mol. The van der Waals surface area contributed by atoms with Crippen LogP contribution in [0.2, 0.25) is 0 Å². The molecule has 1 rings (SSSR count). The highest BCUT2D eigenvalue weighted by Crippen LogP contribution is 2.28. The van der Waals surface area contributed by atoms with Gasteiger partial charge in [0.1, 0.15) is 0 Å². The lowest BCUT2D eigenvalue weighted by molar-refractivity contribution is 0.284. The van der Waals surface area contributed by atoms with Crippen molar-refractivity contribution in [2.24, 2.45) is 0 Å². The van der Waals surface area contributed by atoms with Gasteiger partial charge in [-0.1, -0.05) is 103 Å². The first-order valence-electron chi connectivity index (χ1n) is 11.7. The molecular formula is C26H44O2. The smallest absolute Gasteiger partial charge is 0.161 e. The Kier molecular flexibility index (Phi) is 15.5. The number of methoxy groups -OCH3 is 1. The van der Waals surface area contributed by atoms with Gasteiger partial charge in [0.05, 0.1) is 13.7 Å². The van der Waals surface area contributed by atoms with Crippen molar-refractivity contribution in [3.8, 4) is 11.5 Å². The van der Waals surface area contributed by atoms with E-state index >= 15 is 0 Å². The van der Waals surface area contributed by atoms with E-state index in [4.69, 9.17) is 9.47 Å².